The summed E-state index contributed by atoms with van der Waals surface area (Å²) in [5.74, 6) is -0.686. The van der Waals surface area contributed by atoms with Crippen LogP contribution in [-0.2, 0) is 9.53 Å². The Balaban J connectivity index is 2.38. The number of hydrogen-bond donors (Lipinski definition) is 0. The summed E-state index contributed by atoms with van der Waals surface area (Å²) < 4.78 is 7.18. The van der Waals surface area contributed by atoms with Gasteiger partial charge >= 0.3 is 5.97 Å². The number of carbonyl (C=O) groups is 2. The lowest BCUT2D eigenvalue weighted by Gasteiger charge is -2.33. The van der Waals surface area contributed by atoms with Crippen LogP contribution in [0.3, 0.4) is 0 Å². The minimum absolute atomic E-state index is 0.139. The molecule has 1 aliphatic carbocycles. The van der Waals surface area contributed by atoms with Crippen molar-refractivity contribution in [3.8, 4) is 0 Å². The maximum Gasteiger partial charge on any atom is 0.303 e. The number of rotatable bonds is 4. The van der Waals surface area contributed by atoms with E-state index in [1.807, 2.05) is 13.2 Å². The van der Waals surface area contributed by atoms with Gasteiger partial charge in [0.25, 0.3) is 5.56 Å². The van der Waals surface area contributed by atoms with Crippen LogP contribution in [0.5, 0.6) is 0 Å². The van der Waals surface area contributed by atoms with E-state index < -0.39 is 5.60 Å². The lowest BCUT2D eigenvalue weighted by atomic mass is 9.97. The van der Waals surface area contributed by atoms with Crippen LogP contribution in [0.4, 0.5) is 0 Å². The average molecular weight is 389 g/mol. The van der Waals surface area contributed by atoms with Gasteiger partial charge in [-0.25, -0.2) is 9.97 Å². The molecule has 2 aromatic heterocycles. The Morgan fingerprint density at radius 1 is 1.37 bits per heavy atom. The van der Waals surface area contributed by atoms with E-state index >= 15 is 0 Å². The first kappa shape index (κ1) is 19.5. The van der Waals surface area contributed by atoms with Crippen molar-refractivity contribution in [3.05, 3.63) is 27.7 Å². The first-order chi connectivity index (χ1) is 12.7. The fourth-order valence-electron chi connectivity index (χ4n) is 4.09. The number of aryl methyl sites for hydroxylation is 1. The second-order valence-corrected chi connectivity index (χ2v) is 7.91. The summed E-state index contributed by atoms with van der Waals surface area (Å²) in [5, 5.41) is 1.20. The summed E-state index contributed by atoms with van der Waals surface area (Å²) in [7, 11) is 0. The fourth-order valence-corrected chi connectivity index (χ4v) is 4.42. The van der Waals surface area contributed by atoms with Gasteiger partial charge in [-0.15, -0.1) is 0 Å². The monoisotopic (exact) mass is 389 g/mol. The highest BCUT2D eigenvalue weighted by Gasteiger charge is 2.44. The Morgan fingerprint density at radius 2 is 2.07 bits per heavy atom. The minimum atomic E-state index is -0.823. The molecular weight excluding hydrogens is 366 g/mol. The fraction of sp³-hybridized carbons (Fsp3) is 0.526. The van der Waals surface area contributed by atoms with E-state index in [0.29, 0.717) is 34.6 Å². The third-order valence-electron chi connectivity index (χ3n) is 5.27. The minimum Gasteiger partial charge on any atom is -0.457 e. The quantitative estimate of drug-likeness (QED) is 0.343. The smallest absolute Gasteiger partial charge is 0.303 e. The zero-order chi connectivity index (χ0) is 19.9. The Kier molecular flexibility index (Phi) is 5.12. The molecule has 0 amide bonds. The summed E-state index contributed by atoms with van der Waals surface area (Å²) in [6, 6.07) is -0.389. The van der Waals surface area contributed by atoms with Gasteiger partial charge < -0.3 is 4.74 Å². The Hall–Kier alpha value is -2.22. The van der Waals surface area contributed by atoms with Crippen LogP contribution in [0.25, 0.3) is 11.0 Å². The molecule has 27 heavy (non-hydrogen) atoms. The summed E-state index contributed by atoms with van der Waals surface area (Å²) in [6.07, 6.45) is 5.64. The molecule has 7 nitrogen and oxygen atoms in total. The highest BCUT2D eigenvalue weighted by molar-refractivity contribution is 7.98. The van der Waals surface area contributed by atoms with Crippen LogP contribution >= 0.6 is 11.8 Å². The predicted molar refractivity (Wildman–Crippen MR) is 103 cm³/mol. The standard InChI is InChI=1S/C19H23N3O4S/c1-10-13-9-20-18(27-5)21-16(13)22(17(25)15(10)11(2)23)14-7-6-8-19(14,4)26-12(3)24/h9,14H,6-8H2,1-5H3. The molecular formula is C19H23N3O4S. The van der Waals surface area contributed by atoms with Gasteiger partial charge in [0.15, 0.2) is 10.9 Å². The summed E-state index contributed by atoms with van der Waals surface area (Å²) >= 11 is 1.38. The van der Waals surface area contributed by atoms with Gasteiger partial charge in [0.2, 0.25) is 0 Å². The second-order valence-electron chi connectivity index (χ2n) is 7.14. The topological polar surface area (TPSA) is 91.1 Å². The molecule has 0 spiro atoms. The number of aromatic nitrogens is 3. The number of Topliss-reactive ketones (excluding diaryl/α,β-unsaturated/α-hetero) is 1. The van der Waals surface area contributed by atoms with Gasteiger partial charge in [-0.3, -0.25) is 19.0 Å². The average Bonchev–Trinajstić information content (AvgIpc) is 2.94. The first-order valence-electron chi connectivity index (χ1n) is 8.86. The molecule has 0 radical (unpaired) electrons. The summed E-state index contributed by atoms with van der Waals surface area (Å²) in [6.45, 7) is 6.34. The summed E-state index contributed by atoms with van der Waals surface area (Å²) in [5.41, 5.74) is -0.00885. The van der Waals surface area contributed by atoms with E-state index in [2.05, 4.69) is 9.97 Å². The maximum absolute atomic E-state index is 13.3. The number of ether oxygens (including phenoxy) is 1. The van der Waals surface area contributed by atoms with Crippen molar-refractivity contribution >= 4 is 34.5 Å². The summed E-state index contributed by atoms with van der Waals surface area (Å²) in [4.78, 5) is 46.1. The maximum atomic E-state index is 13.3. The second kappa shape index (κ2) is 7.07. The molecule has 144 valence electrons. The van der Waals surface area contributed by atoms with Gasteiger partial charge in [-0.05, 0) is 51.9 Å². The molecule has 0 saturated heterocycles. The van der Waals surface area contributed by atoms with Gasteiger partial charge in [0.1, 0.15) is 11.2 Å². The van der Waals surface area contributed by atoms with Gasteiger partial charge in [0.05, 0.1) is 11.6 Å². The van der Waals surface area contributed by atoms with E-state index in [0.717, 1.165) is 6.42 Å². The van der Waals surface area contributed by atoms with Crippen LogP contribution in [0.2, 0.25) is 0 Å². The predicted octanol–water partition coefficient (Wildman–Crippen LogP) is 3.07. The van der Waals surface area contributed by atoms with Crippen LogP contribution in [0, 0.1) is 6.92 Å². The molecule has 0 aromatic carbocycles. The number of fused-ring (bicyclic) bond motifs is 1. The number of esters is 1. The van der Waals surface area contributed by atoms with Gasteiger partial charge in [-0.1, -0.05) is 11.8 Å². The van der Waals surface area contributed by atoms with Gasteiger partial charge in [0, 0.05) is 18.5 Å². The first-order valence-corrected chi connectivity index (χ1v) is 10.1. The van der Waals surface area contributed by atoms with E-state index in [9.17, 15) is 14.4 Å². The van der Waals surface area contributed by atoms with E-state index in [-0.39, 0.29) is 28.9 Å². The largest absolute Gasteiger partial charge is 0.457 e. The van der Waals surface area contributed by atoms with E-state index in [4.69, 9.17) is 4.74 Å². The van der Waals surface area contributed by atoms with Crippen molar-refractivity contribution < 1.29 is 14.3 Å². The normalized spacial score (nSPS) is 22.2. The SMILES string of the molecule is CSc1ncc2c(C)c(C(C)=O)c(=O)n(C3CCCC3(C)OC(C)=O)c2n1. The molecule has 1 saturated carbocycles. The molecule has 1 aliphatic rings. The lowest BCUT2D eigenvalue weighted by Crippen LogP contribution is -2.42. The number of hydrogen-bond acceptors (Lipinski definition) is 7. The number of ketones is 1. The van der Waals surface area contributed by atoms with Crippen LogP contribution in [0.15, 0.2) is 16.1 Å². The van der Waals surface area contributed by atoms with E-state index in [1.54, 1.807) is 17.7 Å². The number of pyridine rings is 1. The molecule has 1 fully saturated rings. The molecule has 0 N–H and O–H groups in total. The number of carbonyl (C=O) groups excluding carboxylic acids is 2. The van der Waals surface area contributed by atoms with Crippen LogP contribution < -0.4 is 5.56 Å². The van der Waals surface area contributed by atoms with E-state index in [1.165, 1.54) is 25.6 Å². The number of nitrogens with zero attached hydrogens (tertiary/aromatic N) is 3. The molecule has 0 aliphatic heterocycles. The highest BCUT2D eigenvalue weighted by Crippen LogP contribution is 2.42. The Morgan fingerprint density at radius 3 is 2.67 bits per heavy atom. The molecule has 8 heteroatoms. The zero-order valence-corrected chi connectivity index (χ0v) is 17.0. The molecule has 2 atom stereocenters. The lowest BCUT2D eigenvalue weighted by molar-refractivity contribution is -0.158. The zero-order valence-electron chi connectivity index (χ0n) is 16.2. The van der Waals surface area contributed by atoms with Crippen LogP contribution in [-0.4, -0.2) is 38.1 Å². The van der Waals surface area contributed by atoms with Crippen molar-refractivity contribution in [2.45, 2.75) is 63.8 Å². The highest BCUT2D eigenvalue weighted by atomic mass is 32.2. The number of thioether (sulfide) groups is 1. The third-order valence-corrected chi connectivity index (χ3v) is 5.83. The Bertz CT molecular complexity index is 1000. The van der Waals surface area contributed by atoms with Crippen molar-refractivity contribution in [2.24, 2.45) is 0 Å². The van der Waals surface area contributed by atoms with Crippen molar-refractivity contribution in [1.82, 2.24) is 14.5 Å². The Labute approximate surface area is 161 Å². The van der Waals surface area contributed by atoms with Crippen molar-refractivity contribution in [1.29, 1.82) is 0 Å². The molecule has 2 aromatic rings. The molecule has 0 bridgehead atoms. The van der Waals surface area contributed by atoms with Crippen molar-refractivity contribution in [2.75, 3.05) is 6.26 Å². The molecule has 3 rings (SSSR count). The third kappa shape index (κ3) is 3.26. The van der Waals surface area contributed by atoms with Crippen LogP contribution in [0.1, 0.15) is 62.0 Å². The molecule has 2 heterocycles. The van der Waals surface area contributed by atoms with Crippen molar-refractivity contribution in [3.63, 3.8) is 0 Å². The van der Waals surface area contributed by atoms with Gasteiger partial charge in [-0.2, -0.15) is 0 Å². The molecule has 2 unspecified atom stereocenters.